The van der Waals surface area contributed by atoms with E-state index in [-0.39, 0.29) is 12.4 Å². The number of nitrogens with zero attached hydrogens (tertiary/aromatic N) is 2. The highest BCUT2D eigenvalue weighted by molar-refractivity contribution is 5.80. The molecule has 1 amide bonds. The molecule has 1 fully saturated rings. The monoisotopic (exact) mass is 528 g/mol. The predicted octanol–water partition coefficient (Wildman–Crippen LogP) is 5.00. The second-order valence-electron chi connectivity index (χ2n) is 8.90. The molecule has 39 heavy (non-hydrogen) atoms. The molecule has 0 spiro atoms. The summed E-state index contributed by atoms with van der Waals surface area (Å²) in [6, 6.07) is 19.5. The molecule has 1 aliphatic heterocycles. The number of carbonyl (C=O) groups is 1. The van der Waals surface area contributed by atoms with Crippen molar-refractivity contribution in [3.8, 4) is 23.3 Å². The Labute approximate surface area is 227 Å². The molecule has 7 nitrogen and oxygen atoms in total. The van der Waals surface area contributed by atoms with E-state index >= 15 is 0 Å². The first-order chi connectivity index (χ1) is 19.0. The van der Waals surface area contributed by atoms with Crippen molar-refractivity contribution in [2.75, 3.05) is 46.1 Å². The van der Waals surface area contributed by atoms with Crippen LogP contribution in [0.5, 0.6) is 11.5 Å². The van der Waals surface area contributed by atoms with Crippen LogP contribution in [0.25, 0.3) is 5.57 Å². The molecule has 0 N–H and O–H groups in total. The lowest BCUT2D eigenvalue weighted by molar-refractivity contribution is -0.119. The van der Waals surface area contributed by atoms with Gasteiger partial charge in [-0.3, -0.25) is 9.69 Å². The number of rotatable bonds is 9. The summed E-state index contributed by atoms with van der Waals surface area (Å²) >= 11 is 0. The minimum Gasteiger partial charge on any atom is -0.489 e. The average molecular weight is 529 g/mol. The van der Waals surface area contributed by atoms with E-state index in [4.69, 9.17) is 14.2 Å². The van der Waals surface area contributed by atoms with Crippen LogP contribution in [-0.2, 0) is 9.53 Å². The van der Waals surface area contributed by atoms with Crippen LogP contribution in [0, 0.1) is 29.5 Å². The summed E-state index contributed by atoms with van der Waals surface area (Å²) in [7, 11) is 0. The van der Waals surface area contributed by atoms with Crippen molar-refractivity contribution in [1.82, 2.24) is 4.90 Å². The average Bonchev–Trinajstić information content (AvgIpc) is 2.96. The topological polar surface area (TPSA) is 77.4 Å². The van der Waals surface area contributed by atoms with Gasteiger partial charge >= 0.3 is 5.91 Å². The van der Waals surface area contributed by atoms with Crippen LogP contribution in [-0.4, -0.2) is 56.9 Å². The first-order valence-corrected chi connectivity index (χ1v) is 12.6. The van der Waals surface area contributed by atoms with Gasteiger partial charge in [-0.25, -0.2) is 4.39 Å². The SMILES string of the molecule is Cc1cc(OC/C=C(/c2ccc(F)cc2)c2ccc(C#CCN3CCOCC3)cc2)ccc1OCC(=O)N=O. The molecule has 0 aromatic heterocycles. The maximum absolute atomic E-state index is 13.6. The van der Waals surface area contributed by atoms with Gasteiger partial charge in [0.05, 0.1) is 19.8 Å². The summed E-state index contributed by atoms with van der Waals surface area (Å²) in [6.07, 6.45) is 1.94. The van der Waals surface area contributed by atoms with Crippen molar-refractivity contribution < 1.29 is 23.4 Å². The maximum Gasteiger partial charge on any atom is 0.323 e. The van der Waals surface area contributed by atoms with Crippen LogP contribution in [0.2, 0.25) is 0 Å². The van der Waals surface area contributed by atoms with Crippen LogP contribution in [0.3, 0.4) is 0 Å². The minimum atomic E-state index is -0.874. The number of morpholine rings is 1. The molecule has 3 aromatic carbocycles. The van der Waals surface area contributed by atoms with E-state index < -0.39 is 12.5 Å². The summed E-state index contributed by atoms with van der Waals surface area (Å²) in [5.74, 6) is 6.36. The number of amides is 1. The quantitative estimate of drug-likeness (QED) is 0.287. The zero-order valence-corrected chi connectivity index (χ0v) is 21.7. The summed E-state index contributed by atoms with van der Waals surface area (Å²) in [6.45, 7) is 5.68. The second kappa shape index (κ2) is 14.0. The van der Waals surface area contributed by atoms with Crippen LogP contribution in [0.4, 0.5) is 4.39 Å². The van der Waals surface area contributed by atoms with Crippen LogP contribution >= 0.6 is 0 Å². The van der Waals surface area contributed by atoms with Crippen molar-refractivity contribution in [1.29, 1.82) is 0 Å². The van der Waals surface area contributed by atoms with Gasteiger partial charge in [-0.05, 0) is 77.7 Å². The van der Waals surface area contributed by atoms with Gasteiger partial charge < -0.3 is 14.2 Å². The minimum absolute atomic E-state index is 0.265. The molecule has 0 saturated carbocycles. The molecule has 0 unspecified atom stereocenters. The molecular weight excluding hydrogens is 499 g/mol. The number of hydrogen-bond donors (Lipinski definition) is 0. The molecule has 1 heterocycles. The van der Waals surface area contributed by atoms with E-state index in [1.807, 2.05) is 37.3 Å². The number of carbonyl (C=O) groups excluding carboxylic acids is 1. The fourth-order valence-electron chi connectivity index (χ4n) is 4.04. The van der Waals surface area contributed by atoms with Crippen LogP contribution in [0.15, 0.2) is 78.0 Å². The molecular formula is C31H29FN2O5. The lowest BCUT2D eigenvalue weighted by atomic mass is 9.96. The Morgan fingerprint density at radius 1 is 1.03 bits per heavy atom. The smallest absolute Gasteiger partial charge is 0.323 e. The Hall–Kier alpha value is -4.32. The molecule has 1 aliphatic rings. The highest BCUT2D eigenvalue weighted by atomic mass is 19.1. The van der Waals surface area contributed by atoms with E-state index in [1.165, 1.54) is 12.1 Å². The second-order valence-corrected chi connectivity index (χ2v) is 8.90. The van der Waals surface area contributed by atoms with Crippen LogP contribution in [0.1, 0.15) is 22.3 Å². The van der Waals surface area contributed by atoms with Gasteiger partial charge in [0.15, 0.2) is 6.61 Å². The number of halogens is 1. The molecule has 200 valence electrons. The zero-order chi connectivity index (χ0) is 27.5. The van der Waals surface area contributed by atoms with Gasteiger partial charge in [0.1, 0.15) is 23.9 Å². The Kier molecular flexibility index (Phi) is 9.95. The third-order valence-corrected chi connectivity index (χ3v) is 6.13. The Morgan fingerprint density at radius 2 is 1.72 bits per heavy atom. The Bertz CT molecular complexity index is 1370. The van der Waals surface area contributed by atoms with Crippen molar-refractivity contribution in [3.63, 3.8) is 0 Å². The zero-order valence-electron chi connectivity index (χ0n) is 21.7. The molecule has 3 aromatic rings. The van der Waals surface area contributed by atoms with Gasteiger partial charge in [-0.15, -0.1) is 4.91 Å². The number of nitroso groups, excluding NO2 is 1. The Morgan fingerprint density at radius 3 is 2.38 bits per heavy atom. The molecule has 0 bridgehead atoms. The van der Waals surface area contributed by atoms with Gasteiger partial charge in [0.2, 0.25) is 0 Å². The summed E-state index contributed by atoms with van der Waals surface area (Å²) in [5, 5.41) is 2.32. The fraction of sp³-hybridized carbons (Fsp3) is 0.258. The molecule has 8 heteroatoms. The molecule has 4 rings (SSSR count). The standard InChI is InChI=1S/C31H29FN2O5/c1-23-21-28(12-13-30(23)39-22-31(35)33-36)38-18-14-29(26-8-10-27(32)11-9-26)25-6-4-24(5-7-25)3-2-15-34-16-19-37-20-17-34/h4-14,21H,15-20,22H2,1H3/b29-14+. The Balaban J connectivity index is 1.45. The third-order valence-electron chi connectivity index (χ3n) is 6.13. The van der Waals surface area contributed by atoms with E-state index in [9.17, 15) is 14.1 Å². The predicted molar refractivity (Wildman–Crippen MR) is 147 cm³/mol. The number of ether oxygens (including phenoxy) is 3. The maximum atomic E-state index is 13.6. The molecule has 1 saturated heterocycles. The van der Waals surface area contributed by atoms with E-state index in [2.05, 4.69) is 21.9 Å². The fourth-order valence-corrected chi connectivity index (χ4v) is 4.04. The van der Waals surface area contributed by atoms with E-state index in [0.717, 1.165) is 54.1 Å². The van der Waals surface area contributed by atoms with Gasteiger partial charge in [0, 0.05) is 23.8 Å². The normalized spacial score (nSPS) is 13.7. The molecule has 0 atom stereocenters. The van der Waals surface area contributed by atoms with E-state index in [0.29, 0.717) is 18.0 Å². The van der Waals surface area contributed by atoms with Crippen molar-refractivity contribution in [3.05, 3.63) is 106 Å². The van der Waals surface area contributed by atoms with Crippen molar-refractivity contribution in [2.45, 2.75) is 6.92 Å². The third kappa shape index (κ3) is 8.34. The van der Waals surface area contributed by atoms with Gasteiger partial charge in [0.25, 0.3) is 0 Å². The highest BCUT2D eigenvalue weighted by Gasteiger charge is 2.09. The number of hydrogen-bond acceptors (Lipinski definition) is 6. The summed E-state index contributed by atoms with van der Waals surface area (Å²) in [5.41, 5.74) is 4.39. The summed E-state index contributed by atoms with van der Waals surface area (Å²) in [4.78, 5) is 23.6. The van der Waals surface area contributed by atoms with Crippen LogP contribution < -0.4 is 9.47 Å². The van der Waals surface area contributed by atoms with E-state index in [1.54, 1.807) is 30.3 Å². The number of aryl methyl sites for hydroxylation is 1. The highest BCUT2D eigenvalue weighted by Crippen LogP contribution is 2.26. The number of benzene rings is 3. The lowest BCUT2D eigenvalue weighted by Gasteiger charge is -2.24. The van der Waals surface area contributed by atoms with Gasteiger partial charge in [-0.1, -0.05) is 36.1 Å². The van der Waals surface area contributed by atoms with Gasteiger partial charge in [-0.2, -0.15) is 0 Å². The van der Waals surface area contributed by atoms with Crippen molar-refractivity contribution in [2.24, 2.45) is 5.18 Å². The first kappa shape index (κ1) is 27.7. The lowest BCUT2D eigenvalue weighted by Crippen LogP contribution is -2.36. The molecule has 0 aliphatic carbocycles. The summed E-state index contributed by atoms with van der Waals surface area (Å²) < 4.78 is 30.2. The first-order valence-electron chi connectivity index (χ1n) is 12.6. The largest absolute Gasteiger partial charge is 0.489 e. The van der Waals surface area contributed by atoms with Crippen molar-refractivity contribution >= 4 is 11.5 Å². The molecule has 0 radical (unpaired) electrons.